The number of hydrogen-bond donors (Lipinski definition) is 2. The summed E-state index contributed by atoms with van der Waals surface area (Å²) >= 11 is 1.59. The number of carboxylic acids is 1. The van der Waals surface area contributed by atoms with Crippen LogP contribution in [-0.4, -0.2) is 42.2 Å². The van der Waals surface area contributed by atoms with Crippen molar-refractivity contribution >= 4 is 17.3 Å². The topological polar surface area (TPSA) is 52.6 Å². The van der Waals surface area contributed by atoms with Crippen LogP contribution in [0.4, 0.5) is 0 Å². The molecule has 20 heavy (non-hydrogen) atoms. The molecule has 2 rings (SSSR count). The number of thiophene rings is 1. The lowest BCUT2D eigenvalue weighted by atomic mass is 10.2. The summed E-state index contributed by atoms with van der Waals surface area (Å²) in [6.45, 7) is 2.90. The van der Waals surface area contributed by atoms with Crippen LogP contribution in [0, 0.1) is 0 Å². The summed E-state index contributed by atoms with van der Waals surface area (Å²) < 4.78 is 0. The van der Waals surface area contributed by atoms with Crippen molar-refractivity contribution in [3.05, 3.63) is 21.9 Å². The zero-order valence-electron chi connectivity index (χ0n) is 12.1. The Balaban J connectivity index is 1.62. The van der Waals surface area contributed by atoms with Gasteiger partial charge in [-0.15, -0.1) is 11.3 Å². The third kappa shape index (κ3) is 4.89. The molecule has 0 amide bonds. The predicted octanol–water partition coefficient (Wildman–Crippen LogP) is 2.34. The molecule has 0 atom stereocenters. The summed E-state index contributed by atoms with van der Waals surface area (Å²) in [5, 5.41) is 12.2. The summed E-state index contributed by atoms with van der Waals surface area (Å²) in [6.07, 6.45) is 5.59. The Bertz CT molecular complexity index is 427. The second-order valence-electron chi connectivity index (χ2n) is 5.53. The lowest BCUT2D eigenvalue weighted by molar-refractivity contribution is -0.136. The van der Waals surface area contributed by atoms with Gasteiger partial charge < -0.3 is 15.3 Å². The van der Waals surface area contributed by atoms with Crippen LogP contribution < -0.4 is 5.32 Å². The lowest BCUT2D eigenvalue weighted by Crippen LogP contribution is -2.35. The van der Waals surface area contributed by atoms with Crippen LogP contribution in [0.1, 0.15) is 35.4 Å². The molecule has 1 saturated carbocycles. The molecular formula is C15H24N2O2S. The molecule has 1 aliphatic rings. The largest absolute Gasteiger partial charge is 0.481 e. The average molecular weight is 296 g/mol. The molecule has 1 aromatic heterocycles. The number of likely N-dealkylation sites (N-methyl/N-ethyl adjacent to an activating group) is 1. The van der Waals surface area contributed by atoms with Crippen LogP contribution in [0.15, 0.2) is 12.1 Å². The molecule has 0 radical (unpaired) electrons. The number of nitrogens with one attached hydrogen (secondary N) is 1. The highest BCUT2D eigenvalue weighted by atomic mass is 32.1. The van der Waals surface area contributed by atoms with Gasteiger partial charge in [-0.3, -0.25) is 4.79 Å². The van der Waals surface area contributed by atoms with Gasteiger partial charge in [0.1, 0.15) is 0 Å². The first kappa shape index (κ1) is 15.5. The fourth-order valence-corrected chi connectivity index (χ4v) is 3.73. The van der Waals surface area contributed by atoms with E-state index in [9.17, 15) is 4.79 Å². The van der Waals surface area contributed by atoms with E-state index in [1.54, 1.807) is 11.3 Å². The van der Waals surface area contributed by atoms with Crippen molar-refractivity contribution in [1.29, 1.82) is 0 Å². The molecule has 1 aromatic rings. The van der Waals surface area contributed by atoms with Gasteiger partial charge >= 0.3 is 5.97 Å². The monoisotopic (exact) mass is 296 g/mol. The van der Waals surface area contributed by atoms with E-state index >= 15 is 0 Å². The Hall–Kier alpha value is -0.910. The quantitative estimate of drug-likeness (QED) is 0.723. The first-order chi connectivity index (χ1) is 9.65. The van der Waals surface area contributed by atoms with Gasteiger partial charge in [-0.05, 0) is 32.0 Å². The number of rotatable bonds is 8. The van der Waals surface area contributed by atoms with E-state index in [-0.39, 0.29) is 6.42 Å². The Morgan fingerprint density at radius 3 is 2.80 bits per heavy atom. The normalized spacial score (nSPS) is 16.1. The highest BCUT2D eigenvalue weighted by Gasteiger charge is 2.18. The minimum atomic E-state index is -0.760. The van der Waals surface area contributed by atoms with Crippen LogP contribution >= 0.6 is 11.3 Å². The molecule has 2 N–H and O–H groups in total. The molecule has 0 spiro atoms. The first-order valence-corrected chi connectivity index (χ1v) is 8.17. The maximum atomic E-state index is 10.6. The van der Waals surface area contributed by atoms with E-state index in [1.807, 2.05) is 12.1 Å². The number of carbonyl (C=O) groups is 1. The van der Waals surface area contributed by atoms with Crippen molar-refractivity contribution in [3.8, 4) is 0 Å². The van der Waals surface area contributed by atoms with E-state index in [1.165, 1.54) is 30.6 Å². The van der Waals surface area contributed by atoms with Crippen LogP contribution in [0.5, 0.6) is 0 Å². The summed E-state index contributed by atoms with van der Waals surface area (Å²) in [5.41, 5.74) is 0. The second-order valence-corrected chi connectivity index (χ2v) is 6.79. The van der Waals surface area contributed by atoms with Crippen LogP contribution in [0.3, 0.4) is 0 Å². The molecule has 1 aliphatic carbocycles. The Kier molecular flexibility index (Phi) is 6.01. The minimum absolute atomic E-state index is 0.134. The van der Waals surface area contributed by atoms with Crippen LogP contribution in [-0.2, 0) is 17.8 Å². The molecule has 0 bridgehead atoms. The number of hydrogen-bond acceptors (Lipinski definition) is 4. The zero-order valence-corrected chi connectivity index (χ0v) is 12.9. The van der Waals surface area contributed by atoms with Crippen molar-refractivity contribution in [2.75, 3.05) is 20.1 Å². The molecule has 0 unspecified atom stereocenters. The average Bonchev–Trinajstić information content (AvgIpc) is 3.04. The van der Waals surface area contributed by atoms with E-state index < -0.39 is 5.97 Å². The maximum Gasteiger partial charge on any atom is 0.308 e. The van der Waals surface area contributed by atoms with Gasteiger partial charge in [-0.1, -0.05) is 12.8 Å². The SMILES string of the molecule is CN(CCNCc1ccc(CC(=O)O)s1)C1CCCC1. The second kappa shape index (κ2) is 7.76. The first-order valence-electron chi connectivity index (χ1n) is 7.35. The zero-order chi connectivity index (χ0) is 14.4. The molecule has 1 fully saturated rings. The molecule has 0 aromatic carbocycles. The summed E-state index contributed by atoms with van der Waals surface area (Å²) in [7, 11) is 2.22. The predicted molar refractivity (Wildman–Crippen MR) is 82.3 cm³/mol. The summed E-state index contributed by atoms with van der Waals surface area (Å²) in [6, 6.07) is 4.72. The van der Waals surface area contributed by atoms with Crippen molar-refractivity contribution in [2.24, 2.45) is 0 Å². The Labute approximate surface area is 124 Å². The van der Waals surface area contributed by atoms with Crippen LogP contribution in [0.2, 0.25) is 0 Å². The molecular weight excluding hydrogens is 272 g/mol. The third-order valence-electron chi connectivity index (χ3n) is 3.93. The number of aliphatic carboxylic acids is 1. The van der Waals surface area contributed by atoms with Crippen molar-refractivity contribution in [1.82, 2.24) is 10.2 Å². The lowest BCUT2D eigenvalue weighted by Gasteiger charge is -2.23. The van der Waals surface area contributed by atoms with E-state index in [0.717, 1.165) is 30.6 Å². The van der Waals surface area contributed by atoms with E-state index in [2.05, 4.69) is 17.3 Å². The van der Waals surface area contributed by atoms with Gasteiger partial charge in [0, 0.05) is 35.4 Å². The van der Waals surface area contributed by atoms with Gasteiger partial charge in [0.2, 0.25) is 0 Å². The third-order valence-corrected chi connectivity index (χ3v) is 5.02. The molecule has 4 nitrogen and oxygen atoms in total. The van der Waals surface area contributed by atoms with Gasteiger partial charge in [0.25, 0.3) is 0 Å². The highest BCUT2D eigenvalue weighted by molar-refractivity contribution is 7.12. The number of nitrogens with zero attached hydrogens (tertiary/aromatic N) is 1. The summed E-state index contributed by atoms with van der Waals surface area (Å²) in [4.78, 5) is 15.2. The molecule has 0 aliphatic heterocycles. The minimum Gasteiger partial charge on any atom is -0.481 e. The highest BCUT2D eigenvalue weighted by Crippen LogP contribution is 2.22. The fourth-order valence-electron chi connectivity index (χ4n) is 2.76. The number of carboxylic acid groups (broad SMARTS) is 1. The Morgan fingerprint density at radius 1 is 1.40 bits per heavy atom. The van der Waals surface area contributed by atoms with Crippen molar-refractivity contribution < 1.29 is 9.90 Å². The Morgan fingerprint density at radius 2 is 2.10 bits per heavy atom. The van der Waals surface area contributed by atoms with E-state index in [4.69, 9.17) is 5.11 Å². The standard InChI is InChI=1S/C15H24N2O2S/c1-17(12-4-2-3-5-12)9-8-16-11-14-7-6-13(20-14)10-15(18)19/h6-7,12,16H,2-5,8-11H2,1H3,(H,18,19). The van der Waals surface area contributed by atoms with Gasteiger partial charge in [0.15, 0.2) is 0 Å². The van der Waals surface area contributed by atoms with Crippen molar-refractivity contribution in [2.45, 2.75) is 44.7 Å². The van der Waals surface area contributed by atoms with Gasteiger partial charge in [-0.2, -0.15) is 0 Å². The van der Waals surface area contributed by atoms with Crippen LogP contribution in [0.25, 0.3) is 0 Å². The molecule has 1 heterocycles. The maximum absolute atomic E-state index is 10.6. The molecule has 0 saturated heterocycles. The van der Waals surface area contributed by atoms with Crippen molar-refractivity contribution in [3.63, 3.8) is 0 Å². The van der Waals surface area contributed by atoms with E-state index in [0.29, 0.717) is 0 Å². The van der Waals surface area contributed by atoms with Gasteiger partial charge in [0.05, 0.1) is 6.42 Å². The fraction of sp³-hybridized carbons (Fsp3) is 0.667. The smallest absolute Gasteiger partial charge is 0.308 e. The van der Waals surface area contributed by atoms with Gasteiger partial charge in [-0.25, -0.2) is 0 Å². The summed E-state index contributed by atoms with van der Waals surface area (Å²) in [5.74, 6) is -0.760. The molecule has 112 valence electrons. The molecule has 5 heteroatoms.